The molecule has 0 unspecified atom stereocenters. The smallest absolute Gasteiger partial charge is 0.337 e. The minimum absolute atomic E-state index is 0.274. The Morgan fingerprint density at radius 3 is 2.30 bits per heavy atom. The summed E-state index contributed by atoms with van der Waals surface area (Å²) in [4.78, 5) is 24.1. The molecule has 9 heteroatoms. The van der Waals surface area contributed by atoms with Crippen molar-refractivity contribution in [3.05, 3.63) is 60.2 Å². The van der Waals surface area contributed by atoms with Crippen LogP contribution in [-0.4, -0.2) is 52.3 Å². The second kappa shape index (κ2) is 8.65. The van der Waals surface area contributed by atoms with Crippen molar-refractivity contribution in [2.24, 2.45) is 0 Å². The van der Waals surface area contributed by atoms with Crippen LogP contribution >= 0.6 is 0 Å². The van der Waals surface area contributed by atoms with E-state index in [1.54, 1.807) is 48.5 Å². The summed E-state index contributed by atoms with van der Waals surface area (Å²) >= 11 is 0. The van der Waals surface area contributed by atoms with E-state index in [2.05, 4.69) is 10.1 Å². The zero-order chi connectivity index (χ0) is 20.0. The second-order valence-corrected chi connectivity index (χ2v) is 7.82. The van der Waals surface area contributed by atoms with Gasteiger partial charge in [-0.05, 0) is 30.3 Å². The normalized spacial score (nSPS) is 11.1. The average molecular weight is 391 g/mol. The van der Waals surface area contributed by atoms with Crippen molar-refractivity contribution in [2.75, 3.05) is 37.4 Å². The predicted molar refractivity (Wildman–Crippen MR) is 103 cm³/mol. The lowest BCUT2D eigenvalue weighted by atomic mass is 10.2. The molecule has 2 rings (SSSR count). The van der Waals surface area contributed by atoms with Crippen molar-refractivity contribution >= 4 is 33.5 Å². The number of nitrogens with one attached hydrogen (secondary N) is 1. The quantitative estimate of drug-likeness (QED) is 0.725. The number of amides is 1. The lowest BCUT2D eigenvalue weighted by Gasteiger charge is -2.26. The van der Waals surface area contributed by atoms with Gasteiger partial charge >= 0.3 is 16.2 Å². The van der Waals surface area contributed by atoms with E-state index in [0.717, 1.165) is 8.61 Å². The molecule has 144 valence electrons. The van der Waals surface area contributed by atoms with Gasteiger partial charge in [0.25, 0.3) is 0 Å². The van der Waals surface area contributed by atoms with Crippen molar-refractivity contribution in [3.63, 3.8) is 0 Å². The number of carbonyl (C=O) groups is 2. The fourth-order valence-corrected chi connectivity index (χ4v) is 3.33. The lowest BCUT2D eigenvalue weighted by Crippen LogP contribution is -2.44. The van der Waals surface area contributed by atoms with Crippen LogP contribution in [0.4, 0.5) is 11.4 Å². The molecule has 2 aromatic rings. The molecular formula is C18H21N3O5S. The summed E-state index contributed by atoms with van der Waals surface area (Å²) in [6, 6.07) is 14.5. The number of esters is 1. The van der Waals surface area contributed by atoms with E-state index in [-0.39, 0.29) is 5.56 Å². The van der Waals surface area contributed by atoms with E-state index in [1.807, 2.05) is 0 Å². The van der Waals surface area contributed by atoms with Gasteiger partial charge in [0.15, 0.2) is 0 Å². The highest BCUT2D eigenvalue weighted by atomic mass is 32.2. The Balaban J connectivity index is 2.23. The Morgan fingerprint density at radius 2 is 1.70 bits per heavy atom. The first-order valence-electron chi connectivity index (χ1n) is 7.99. The van der Waals surface area contributed by atoms with E-state index >= 15 is 0 Å². The second-order valence-electron chi connectivity index (χ2n) is 5.75. The Labute approximate surface area is 158 Å². The Kier molecular flexibility index (Phi) is 6.54. The first-order valence-corrected chi connectivity index (χ1v) is 9.39. The summed E-state index contributed by atoms with van der Waals surface area (Å²) in [5.41, 5.74) is 0.999. The van der Waals surface area contributed by atoms with Crippen molar-refractivity contribution in [1.82, 2.24) is 4.31 Å². The molecule has 0 aliphatic heterocycles. The highest BCUT2D eigenvalue weighted by Gasteiger charge is 2.27. The molecule has 1 N–H and O–H groups in total. The zero-order valence-corrected chi connectivity index (χ0v) is 16.1. The van der Waals surface area contributed by atoms with Crippen LogP contribution in [0.15, 0.2) is 54.6 Å². The number of rotatable bonds is 7. The van der Waals surface area contributed by atoms with E-state index < -0.39 is 28.6 Å². The van der Waals surface area contributed by atoms with Crippen molar-refractivity contribution in [3.8, 4) is 0 Å². The molecule has 0 bridgehead atoms. The molecular weight excluding hydrogens is 370 g/mol. The topological polar surface area (TPSA) is 96.0 Å². The molecule has 0 spiro atoms. The summed E-state index contributed by atoms with van der Waals surface area (Å²) in [7, 11) is 0.172. The summed E-state index contributed by atoms with van der Waals surface area (Å²) in [5.74, 6) is -1.08. The highest BCUT2D eigenvalue weighted by Crippen LogP contribution is 2.19. The fraction of sp³-hybridized carbons (Fsp3) is 0.222. The van der Waals surface area contributed by atoms with Crippen molar-refractivity contribution in [1.29, 1.82) is 0 Å². The van der Waals surface area contributed by atoms with Crippen molar-refractivity contribution in [2.45, 2.75) is 0 Å². The molecule has 0 atom stereocenters. The maximum atomic E-state index is 12.6. The van der Waals surface area contributed by atoms with Gasteiger partial charge in [0.1, 0.15) is 6.54 Å². The summed E-state index contributed by atoms with van der Waals surface area (Å²) in [6.07, 6.45) is 0. The number of nitrogens with zero attached hydrogens (tertiary/aromatic N) is 2. The third-order valence-corrected chi connectivity index (χ3v) is 5.46. The maximum absolute atomic E-state index is 12.6. The van der Waals surface area contributed by atoms with E-state index in [1.165, 1.54) is 27.3 Å². The number of hydrogen-bond acceptors (Lipinski definition) is 5. The third-order valence-electron chi connectivity index (χ3n) is 3.64. The largest absolute Gasteiger partial charge is 0.465 e. The zero-order valence-electron chi connectivity index (χ0n) is 15.2. The molecule has 0 radical (unpaired) electrons. The first kappa shape index (κ1) is 20.4. The third kappa shape index (κ3) is 5.05. The Morgan fingerprint density at radius 1 is 1.04 bits per heavy atom. The molecule has 27 heavy (non-hydrogen) atoms. The van der Waals surface area contributed by atoms with Crippen LogP contribution in [0, 0.1) is 0 Å². The van der Waals surface area contributed by atoms with Gasteiger partial charge in [-0.3, -0.25) is 4.79 Å². The molecule has 0 fully saturated rings. The van der Waals surface area contributed by atoms with Gasteiger partial charge in [0.05, 0.1) is 18.4 Å². The van der Waals surface area contributed by atoms with Gasteiger partial charge in [0.2, 0.25) is 5.91 Å². The van der Waals surface area contributed by atoms with Gasteiger partial charge in [-0.1, -0.05) is 24.3 Å². The molecule has 8 nitrogen and oxygen atoms in total. The fourth-order valence-electron chi connectivity index (χ4n) is 2.27. The monoisotopic (exact) mass is 391 g/mol. The van der Waals surface area contributed by atoms with Crippen LogP contribution in [0.5, 0.6) is 0 Å². The van der Waals surface area contributed by atoms with Crippen LogP contribution < -0.4 is 9.62 Å². The molecule has 0 heterocycles. The van der Waals surface area contributed by atoms with Crippen LogP contribution in [0.2, 0.25) is 0 Å². The molecule has 0 aliphatic carbocycles. The molecule has 2 aromatic carbocycles. The summed E-state index contributed by atoms with van der Waals surface area (Å²) in [5, 5.41) is 2.60. The van der Waals surface area contributed by atoms with Crippen LogP contribution in [0.25, 0.3) is 0 Å². The minimum Gasteiger partial charge on any atom is -0.465 e. The SMILES string of the molecule is COC(=O)c1cccc(NC(=O)CN(c2ccccc2)S(=O)(=O)N(C)C)c1. The van der Waals surface area contributed by atoms with Gasteiger partial charge < -0.3 is 10.1 Å². The Hall–Kier alpha value is -2.91. The van der Waals surface area contributed by atoms with Crippen LogP contribution in [0.1, 0.15) is 10.4 Å². The maximum Gasteiger partial charge on any atom is 0.337 e. The van der Waals surface area contributed by atoms with E-state index in [4.69, 9.17) is 0 Å². The summed E-state index contributed by atoms with van der Waals surface area (Å²) in [6.45, 7) is -0.424. The van der Waals surface area contributed by atoms with Crippen molar-refractivity contribution < 1.29 is 22.7 Å². The predicted octanol–water partition coefficient (Wildman–Crippen LogP) is 1.72. The van der Waals surface area contributed by atoms with E-state index in [9.17, 15) is 18.0 Å². The Bertz CT molecular complexity index is 914. The molecule has 0 aromatic heterocycles. The minimum atomic E-state index is -3.87. The highest BCUT2D eigenvalue weighted by molar-refractivity contribution is 7.90. The number of anilines is 2. The summed E-state index contributed by atoms with van der Waals surface area (Å²) < 4.78 is 31.9. The molecule has 0 saturated carbocycles. The lowest BCUT2D eigenvalue weighted by molar-refractivity contribution is -0.114. The van der Waals surface area contributed by atoms with Crippen LogP contribution in [-0.2, 0) is 19.7 Å². The molecule has 1 amide bonds. The average Bonchev–Trinajstić information content (AvgIpc) is 2.66. The van der Waals surface area contributed by atoms with Gasteiger partial charge in [-0.2, -0.15) is 12.7 Å². The molecule has 0 aliphatic rings. The van der Waals surface area contributed by atoms with Gasteiger partial charge in [-0.25, -0.2) is 9.10 Å². The number of ether oxygens (including phenoxy) is 1. The number of benzene rings is 2. The first-order chi connectivity index (χ1) is 12.8. The number of para-hydroxylation sites is 1. The van der Waals surface area contributed by atoms with E-state index in [0.29, 0.717) is 11.4 Å². The molecule has 0 saturated heterocycles. The van der Waals surface area contributed by atoms with Gasteiger partial charge in [-0.15, -0.1) is 0 Å². The number of hydrogen-bond donors (Lipinski definition) is 1. The van der Waals surface area contributed by atoms with Crippen LogP contribution in [0.3, 0.4) is 0 Å². The number of methoxy groups -OCH3 is 1. The standard InChI is InChI=1S/C18H21N3O5S/c1-20(2)27(24,25)21(16-10-5-4-6-11-16)13-17(22)19-15-9-7-8-14(12-15)18(23)26-3/h4-12H,13H2,1-3H3,(H,19,22). The number of carbonyl (C=O) groups excluding carboxylic acids is 2. The van der Waals surface area contributed by atoms with Gasteiger partial charge in [0, 0.05) is 19.8 Å².